The van der Waals surface area contributed by atoms with Crippen LogP contribution < -0.4 is 0 Å². The van der Waals surface area contributed by atoms with E-state index in [1.54, 1.807) is 0 Å². The SMILES string of the molecule is O=[N+]([O-])c1cccc(-c2nc(Cl)ncc2[N+](=O)[O-])c1. The quantitative estimate of drug-likeness (QED) is 0.485. The molecule has 0 aliphatic rings. The lowest BCUT2D eigenvalue weighted by atomic mass is 10.1. The minimum absolute atomic E-state index is 0.0614. The fourth-order valence-corrected chi connectivity index (χ4v) is 1.60. The standard InChI is InChI=1S/C10H5ClN4O4/c11-10-12-5-8(15(18)19)9(13-10)6-2-1-3-7(4-6)14(16)17/h1-5H. The lowest BCUT2D eigenvalue weighted by Crippen LogP contribution is -1.97. The zero-order valence-corrected chi connectivity index (χ0v) is 9.94. The molecule has 0 radical (unpaired) electrons. The molecule has 1 heterocycles. The van der Waals surface area contributed by atoms with Gasteiger partial charge in [-0.3, -0.25) is 20.2 Å². The molecule has 2 aromatic rings. The first kappa shape index (κ1) is 12.8. The summed E-state index contributed by atoms with van der Waals surface area (Å²) in [5, 5.41) is 21.4. The summed E-state index contributed by atoms with van der Waals surface area (Å²) in [4.78, 5) is 27.6. The van der Waals surface area contributed by atoms with Crippen molar-refractivity contribution in [3.8, 4) is 11.3 Å². The zero-order valence-electron chi connectivity index (χ0n) is 9.19. The maximum Gasteiger partial charge on any atom is 0.313 e. The predicted octanol–water partition coefficient (Wildman–Crippen LogP) is 2.61. The van der Waals surface area contributed by atoms with Crippen molar-refractivity contribution in [2.45, 2.75) is 0 Å². The second-order valence-electron chi connectivity index (χ2n) is 3.44. The van der Waals surface area contributed by atoms with E-state index in [1.807, 2.05) is 0 Å². The normalized spacial score (nSPS) is 10.2. The second kappa shape index (κ2) is 4.94. The average molecular weight is 281 g/mol. The number of hydrogen-bond donors (Lipinski definition) is 0. The third-order valence-electron chi connectivity index (χ3n) is 2.27. The summed E-state index contributed by atoms with van der Waals surface area (Å²) in [5.41, 5.74) is -0.398. The molecule has 0 amide bonds. The number of nitrogens with zero attached hydrogens (tertiary/aromatic N) is 4. The zero-order chi connectivity index (χ0) is 14.0. The van der Waals surface area contributed by atoms with E-state index in [2.05, 4.69) is 9.97 Å². The molecule has 9 heteroatoms. The van der Waals surface area contributed by atoms with Gasteiger partial charge in [0.1, 0.15) is 6.20 Å². The molecule has 0 unspecified atom stereocenters. The van der Waals surface area contributed by atoms with Crippen LogP contribution in [-0.4, -0.2) is 19.8 Å². The molecule has 2 rings (SSSR count). The molecule has 0 aliphatic carbocycles. The molecular weight excluding hydrogens is 276 g/mol. The molecule has 0 saturated heterocycles. The molecule has 1 aromatic heterocycles. The van der Waals surface area contributed by atoms with Crippen molar-refractivity contribution in [3.05, 3.63) is 56.0 Å². The predicted molar refractivity (Wildman–Crippen MR) is 65.8 cm³/mol. The molecule has 0 N–H and O–H groups in total. The highest BCUT2D eigenvalue weighted by atomic mass is 35.5. The molecule has 8 nitrogen and oxygen atoms in total. The summed E-state index contributed by atoms with van der Waals surface area (Å²) >= 11 is 5.60. The van der Waals surface area contributed by atoms with Crippen molar-refractivity contribution in [1.29, 1.82) is 0 Å². The van der Waals surface area contributed by atoms with Crippen molar-refractivity contribution in [1.82, 2.24) is 9.97 Å². The first-order chi connectivity index (χ1) is 8.99. The Bertz CT molecular complexity index is 676. The molecule has 0 spiro atoms. The Balaban J connectivity index is 2.64. The van der Waals surface area contributed by atoms with Crippen molar-refractivity contribution < 1.29 is 9.85 Å². The van der Waals surface area contributed by atoms with Gasteiger partial charge in [-0.15, -0.1) is 0 Å². The fraction of sp³-hybridized carbons (Fsp3) is 0. The number of nitro groups is 2. The van der Waals surface area contributed by atoms with Crippen LogP contribution in [0.2, 0.25) is 5.28 Å². The number of rotatable bonds is 3. The Morgan fingerprint density at radius 2 is 1.89 bits per heavy atom. The Kier molecular flexibility index (Phi) is 3.34. The van der Waals surface area contributed by atoms with E-state index < -0.39 is 9.85 Å². The topological polar surface area (TPSA) is 112 Å². The molecular formula is C10H5ClN4O4. The highest BCUT2D eigenvalue weighted by molar-refractivity contribution is 6.28. The Morgan fingerprint density at radius 3 is 2.53 bits per heavy atom. The molecule has 0 atom stereocenters. The lowest BCUT2D eigenvalue weighted by Gasteiger charge is -2.02. The monoisotopic (exact) mass is 280 g/mol. The molecule has 0 aliphatic heterocycles. The smallest absolute Gasteiger partial charge is 0.258 e. The van der Waals surface area contributed by atoms with Gasteiger partial charge in [0.2, 0.25) is 5.28 Å². The van der Waals surface area contributed by atoms with Crippen molar-refractivity contribution in [2.24, 2.45) is 0 Å². The fourth-order valence-electron chi connectivity index (χ4n) is 1.47. The number of non-ortho nitro benzene ring substituents is 1. The van der Waals surface area contributed by atoms with Gasteiger partial charge in [-0.05, 0) is 11.6 Å². The minimum Gasteiger partial charge on any atom is -0.258 e. The molecule has 0 saturated carbocycles. The van der Waals surface area contributed by atoms with Crippen molar-refractivity contribution in [3.63, 3.8) is 0 Å². The van der Waals surface area contributed by atoms with E-state index in [-0.39, 0.29) is 27.9 Å². The number of nitro benzene ring substituents is 1. The van der Waals surface area contributed by atoms with E-state index in [4.69, 9.17) is 11.6 Å². The Morgan fingerprint density at radius 1 is 1.16 bits per heavy atom. The van der Waals surface area contributed by atoms with Crippen LogP contribution in [0.4, 0.5) is 11.4 Å². The van der Waals surface area contributed by atoms with E-state index in [0.29, 0.717) is 0 Å². The molecule has 0 fully saturated rings. The first-order valence-electron chi connectivity index (χ1n) is 4.91. The highest BCUT2D eigenvalue weighted by Gasteiger charge is 2.20. The van der Waals surface area contributed by atoms with Crippen LogP contribution in [0.3, 0.4) is 0 Å². The third-order valence-corrected chi connectivity index (χ3v) is 2.45. The van der Waals surface area contributed by atoms with Crippen LogP contribution in [0.25, 0.3) is 11.3 Å². The summed E-state index contributed by atoms with van der Waals surface area (Å²) < 4.78 is 0. The van der Waals surface area contributed by atoms with Crippen LogP contribution in [0.15, 0.2) is 30.5 Å². The van der Waals surface area contributed by atoms with Gasteiger partial charge in [0.25, 0.3) is 5.69 Å². The molecule has 1 aromatic carbocycles. The number of benzene rings is 1. The van der Waals surface area contributed by atoms with Gasteiger partial charge in [0.05, 0.1) is 9.85 Å². The maximum absolute atomic E-state index is 10.9. The van der Waals surface area contributed by atoms with Crippen molar-refractivity contribution in [2.75, 3.05) is 0 Å². The Hall–Kier alpha value is -2.61. The van der Waals surface area contributed by atoms with Gasteiger partial charge >= 0.3 is 5.69 Å². The van der Waals surface area contributed by atoms with Gasteiger partial charge < -0.3 is 0 Å². The highest BCUT2D eigenvalue weighted by Crippen LogP contribution is 2.30. The number of halogens is 1. The van der Waals surface area contributed by atoms with Crippen LogP contribution in [-0.2, 0) is 0 Å². The van der Waals surface area contributed by atoms with Crippen LogP contribution in [0, 0.1) is 20.2 Å². The summed E-state index contributed by atoms with van der Waals surface area (Å²) in [6.07, 6.45) is 0.962. The largest absolute Gasteiger partial charge is 0.313 e. The van der Waals surface area contributed by atoms with Crippen molar-refractivity contribution >= 4 is 23.0 Å². The van der Waals surface area contributed by atoms with Gasteiger partial charge in [-0.1, -0.05) is 12.1 Å². The molecule has 96 valence electrons. The van der Waals surface area contributed by atoms with Crippen LogP contribution in [0.1, 0.15) is 0 Å². The summed E-state index contributed by atoms with van der Waals surface area (Å²) in [6, 6.07) is 5.34. The lowest BCUT2D eigenvalue weighted by molar-refractivity contribution is -0.385. The van der Waals surface area contributed by atoms with E-state index in [9.17, 15) is 20.2 Å². The molecule has 0 bridgehead atoms. The number of aromatic nitrogens is 2. The first-order valence-corrected chi connectivity index (χ1v) is 5.28. The third kappa shape index (κ3) is 2.63. The summed E-state index contributed by atoms with van der Waals surface area (Å²) in [6.45, 7) is 0. The van der Waals surface area contributed by atoms with E-state index in [1.165, 1.54) is 24.3 Å². The Labute approximate surface area is 111 Å². The van der Waals surface area contributed by atoms with Gasteiger partial charge in [-0.2, -0.15) is 0 Å². The minimum atomic E-state index is -0.676. The van der Waals surface area contributed by atoms with E-state index >= 15 is 0 Å². The molecule has 19 heavy (non-hydrogen) atoms. The second-order valence-corrected chi connectivity index (χ2v) is 3.78. The average Bonchev–Trinajstić information content (AvgIpc) is 2.38. The summed E-state index contributed by atoms with van der Waals surface area (Å²) in [7, 11) is 0. The van der Waals surface area contributed by atoms with Gasteiger partial charge in [0, 0.05) is 17.7 Å². The summed E-state index contributed by atoms with van der Waals surface area (Å²) in [5.74, 6) is 0. The maximum atomic E-state index is 10.9. The van der Waals surface area contributed by atoms with Crippen LogP contribution >= 0.6 is 11.6 Å². The van der Waals surface area contributed by atoms with Crippen LogP contribution in [0.5, 0.6) is 0 Å². The number of hydrogen-bond acceptors (Lipinski definition) is 6. The van der Waals surface area contributed by atoms with Gasteiger partial charge in [0.15, 0.2) is 5.69 Å². The van der Waals surface area contributed by atoms with Gasteiger partial charge in [-0.25, -0.2) is 9.97 Å². The van der Waals surface area contributed by atoms with E-state index in [0.717, 1.165) is 6.20 Å².